The molecule has 0 bridgehead atoms. The van der Waals surface area contributed by atoms with Crippen molar-refractivity contribution in [1.29, 1.82) is 0 Å². The minimum Gasteiger partial charge on any atom is -0.455 e. The van der Waals surface area contributed by atoms with E-state index in [2.05, 4.69) is 31.9 Å². The lowest BCUT2D eigenvalue weighted by molar-refractivity contribution is 0.470. The summed E-state index contributed by atoms with van der Waals surface area (Å²) < 4.78 is 20.5. The average Bonchev–Trinajstić information content (AvgIpc) is 2.36. The molecule has 2 rings (SSSR count). The van der Waals surface area contributed by atoms with Crippen molar-refractivity contribution < 1.29 is 9.13 Å². The van der Waals surface area contributed by atoms with Gasteiger partial charge in [0.15, 0.2) is 0 Å². The summed E-state index contributed by atoms with van der Waals surface area (Å²) in [4.78, 5) is 0. The molecule has 0 saturated heterocycles. The Labute approximate surface area is 134 Å². The maximum Gasteiger partial charge on any atom is 0.144 e. The number of hydrogen-bond donors (Lipinski definition) is 1. The Morgan fingerprint density at radius 1 is 1.10 bits per heavy atom. The van der Waals surface area contributed by atoms with E-state index in [1.54, 1.807) is 6.07 Å². The number of benzene rings is 2. The van der Waals surface area contributed by atoms with Gasteiger partial charge in [-0.3, -0.25) is 0 Å². The Morgan fingerprint density at radius 2 is 1.85 bits per heavy atom. The van der Waals surface area contributed by atoms with E-state index < -0.39 is 0 Å². The molecule has 2 aromatic rings. The third-order valence-corrected chi connectivity index (χ3v) is 3.94. The molecule has 0 aliphatic rings. The van der Waals surface area contributed by atoms with E-state index in [1.165, 1.54) is 12.1 Å². The van der Waals surface area contributed by atoms with Crippen LogP contribution in [-0.2, 0) is 6.42 Å². The molecule has 0 amide bonds. The summed E-state index contributed by atoms with van der Waals surface area (Å²) in [6.45, 7) is 1.96. The van der Waals surface area contributed by atoms with E-state index in [0.29, 0.717) is 16.0 Å². The molecule has 106 valence electrons. The predicted octanol–water partition coefficient (Wildman–Crippen LogP) is 5.03. The highest BCUT2D eigenvalue weighted by Crippen LogP contribution is 2.34. The molecular formula is C15H14Br2FNO. The van der Waals surface area contributed by atoms with Crippen LogP contribution in [-0.4, -0.2) is 6.04 Å². The van der Waals surface area contributed by atoms with Crippen molar-refractivity contribution in [3.05, 3.63) is 56.7 Å². The van der Waals surface area contributed by atoms with Crippen LogP contribution in [0.1, 0.15) is 12.5 Å². The second-order valence-electron chi connectivity index (χ2n) is 4.62. The number of rotatable bonds is 4. The zero-order valence-corrected chi connectivity index (χ0v) is 14.0. The van der Waals surface area contributed by atoms with Gasteiger partial charge in [-0.15, -0.1) is 0 Å². The van der Waals surface area contributed by atoms with E-state index in [9.17, 15) is 4.39 Å². The van der Waals surface area contributed by atoms with Crippen LogP contribution in [0.25, 0.3) is 0 Å². The first kappa shape index (κ1) is 15.5. The molecule has 2 aromatic carbocycles. The van der Waals surface area contributed by atoms with Crippen LogP contribution in [0.5, 0.6) is 11.5 Å². The summed E-state index contributed by atoms with van der Waals surface area (Å²) in [6.07, 6.45) is 0.794. The van der Waals surface area contributed by atoms with Crippen LogP contribution < -0.4 is 10.5 Å². The molecule has 5 heteroatoms. The summed E-state index contributed by atoms with van der Waals surface area (Å²) in [5.74, 6) is 0.725. The Bertz CT molecular complexity index is 617. The third kappa shape index (κ3) is 4.04. The SMILES string of the molecule is CC(N)Cc1ccc(Oc2cc(F)ccc2Br)c(Br)c1. The van der Waals surface area contributed by atoms with Crippen LogP contribution in [0.4, 0.5) is 4.39 Å². The minimum atomic E-state index is -0.340. The summed E-state index contributed by atoms with van der Waals surface area (Å²) >= 11 is 6.80. The van der Waals surface area contributed by atoms with Crippen molar-refractivity contribution >= 4 is 31.9 Å². The van der Waals surface area contributed by atoms with Crippen molar-refractivity contribution in [2.75, 3.05) is 0 Å². The second kappa shape index (κ2) is 6.70. The Kier molecular flexibility index (Phi) is 5.18. The predicted molar refractivity (Wildman–Crippen MR) is 85.7 cm³/mol. The first-order chi connectivity index (χ1) is 9.45. The molecule has 0 heterocycles. The molecule has 0 aromatic heterocycles. The van der Waals surface area contributed by atoms with Crippen molar-refractivity contribution in [2.45, 2.75) is 19.4 Å². The fourth-order valence-corrected chi connectivity index (χ4v) is 2.63. The van der Waals surface area contributed by atoms with Crippen LogP contribution >= 0.6 is 31.9 Å². The summed E-state index contributed by atoms with van der Waals surface area (Å²) in [5.41, 5.74) is 6.90. The fraction of sp³-hybridized carbons (Fsp3) is 0.200. The van der Waals surface area contributed by atoms with Gasteiger partial charge in [-0.25, -0.2) is 4.39 Å². The van der Waals surface area contributed by atoms with Gasteiger partial charge in [0.2, 0.25) is 0 Å². The zero-order chi connectivity index (χ0) is 14.7. The monoisotopic (exact) mass is 401 g/mol. The lowest BCUT2D eigenvalue weighted by atomic mass is 10.1. The molecule has 20 heavy (non-hydrogen) atoms. The maximum absolute atomic E-state index is 13.2. The maximum atomic E-state index is 13.2. The van der Waals surface area contributed by atoms with E-state index in [-0.39, 0.29) is 11.9 Å². The van der Waals surface area contributed by atoms with Gasteiger partial charge in [0.1, 0.15) is 17.3 Å². The van der Waals surface area contributed by atoms with Crippen molar-refractivity contribution in [2.24, 2.45) is 5.73 Å². The third-order valence-electron chi connectivity index (χ3n) is 2.67. The zero-order valence-electron chi connectivity index (χ0n) is 10.9. The average molecular weight is 403 g/mol. The van der Waals surface area contributed by atoms with Crippen LogP contribution in [0.2, 0.25) is 0 Å². The van der Waals surface area contributed by atoms with E-state index in [0.717, 1.165) is 16.5 Å². The highest BCUT2D eigenvalue weighted by Gasteiger charge is 2.09. The van der Waals surface area contributed by atoms with E-state index >= 15 is 0 Å². The van der Waals surface area contributed by atoms with Gasteiger partial charge < -0.3 is 10.5 Å². The highest BCUT2D eigenvalue weighted by atomic mass is 79.9. The molecule has 1 unspecified atom stereocenters. The largest absolute Gasteiger partial charge is 0.455 e. The van der Waals surface area contributed by atoms with E-state index in [1.807, 2.05) is 25.1 Å². The second-order valence-corrected chi connectivity index (χ2v) is 6.33. The smallest absolute Gasteiger partial charge is 0.144 e. The normalized spacial score (nSPS) is 12.2. The molecule has 0 saturated carbocycles. The Morgan fingerprint density at radius 3 is 2.50 bits per heavy atom. The molecule has 0 aliphatic heterocycles. The minimum absolute atomic E-state index is 0.103. The number of nitrogens with two attached hydrogens (primary N) is 1. The number of hydrogen-bond acceptors (Lipinski definition) is 2. The van der Waals surface area contributed by atoms with Gasteiger partial charge in [0, 0.05) is 12.1 Å². The summed E-state index contributed by atoms with van der Waals surface area (Å²) in [6, 6.07) is 10.2. The van der Waals surface area contributed by atoms with Gasteiger partial charge in [-0.2, -0.15) is 0 Å². The lowest BCUT2D eigenvalue weighted by Crippen LogP contribution is -2.17. The molecule has 0 aliphatic carbocycles. The van der Waals surface area contributed by atoms with Crippen LogP contribution in [0.3, 0.4) is 0 Å². The van der Waals surface area contributed by atoms with Crippen molar-refractivity contribution in [3.8, 4) is 11.5 Å². The van der Waals surface area contributed by atoms with Gasteiger partial charge in [-0.1, -0.05) is 6.07 Å². The standard InChI is InChI=1S/C15H14Br2FNO/c1-9(19)6-10-2-5-14(13(17)7-10)20-15-8-11(18)3-4-12(15)16/h2-5,7-9H,6,19H2,1H3. The topological polar surface area (TPSA) is 35.2 Å². The van der Waals surface area contributed by atoms with Gasteiger partial charge in [0.25, 0.3) is 0 Å². The molecule has 0 radical (unpaired) electrons. The Hall–Kier alpha value is -0.910. The van der Waals surface area contributed by atoms with Crippen molar-refractivity contribution in [3.63, 3.8) is 0 Å². The first-order valence-corrected chi connectivity index (χ1v) is 7.71. The molecule has 1 atom stereocenters. The van der Waals surface area contributed by atoms with Crippen LogP contribution in [0, 0.1) is 5.82 Å². The Balaban J connectivity index is 2.23. The first-order valence-electron chi connectivity index (χ1n) is 6.12. The molecule has 2 N–H and O–H groups in total. The molecular weight excluding hydrogens is 389 g/mol. The molecule has 2 nitrogen and oxygen atoms in total. The van der Waals surface area contributed by atoms with Crippen molar-refractivity contribution in [1.82, 2.24) is 0 Å². The van der Waals surface area contributed by atoms with Crippen LogP contribution in [0.15, 0.2) is 45.3 Å². The fourth-order valence-electron chi connectivity index (χ4n) is 1.80. The summed E-state index contributed by atoms with van der Waals surface area (Å²) in [5, 5.41) is 0. The van der Waals surface area contributed by atoms with Gasteiger partial charge in [0.05, 0.1) is 8.95 Å². The number of ether oxygens (including phenoxy) is 1. The lowest BCUT2D eigenvalue weighted by Gasteiger charge is -2.12. The molecule has 0 spiro atoms. The summed E-state index contributed by atoms with van der Waals surface area (Å²) in [7, 11) is 0. The number of halogens is 3. The molecule has 0 fully saturated rings. The van der Waals surface area contributed by atoms with Gasteiger partial charge in [-0.05, 0) is 75.0 Å². The quantitative estimate of drug-likeness (QED) is 0.777. The van der Waals surface area contributed by atoms with E-state index in [4.69, 9.17) is 10.5 Å². The highest BCUT2D eigenvalue weighted by molar-refractivity contribution is 9.11. The van der Waals surface area contributed by atoms with Gasteiger partial charge >= 0.3 is 0 Å².